The van der Waals surface area contributed by atoms with E-state index in [0.717, 1.165) is 24.5 Å². The van der Waals surface area contributed by atoms with Gasteiger partial charge in [0, 0.05) is 24.9 Å². The Kier molecular flexibility index (Phi) is 4.96. The summed E-state index contributed by atoms with van der Waals surface area (Å²) in [4.78, 5) is 1.29. The Morgan fingerprint density at radius 1 is 1.31 bits per heavy atom. The Bertz CT molecular complexity index is 364. The smallest absolute Gasteiger partial charge is 0.124 e. The van der Waals surface area contributed by atoms with Crippen molar-refractivity contribution in [3.63, 3.8) is 0 Å². The minimum absolute atomic E-state index is 0. The molecule has 0 saturated carbocycles. The second-order valence-electron chi connectivity index (χ2n) is 3.37. The third-order valence-electron chi connectivity index (χ3n) is 2.46. The first kappa shape index (κ1) is 13.2. The van der Waals surface area contributed by atoms with Gasteiger partial charge in [-0.25, -0.2) is 0 Å². The molecule has 0 spiro atoms. The normalized spacial score (nSPS) is 14.4. The number of halogens is 1. The molecule has 0 saturated heterocycles. The number of anilines is 1. The number of benzene rings is 1. The van der Waals surface area contributed by atoms with Crippen molar-refractivity contribution in [3.05, 3.63) is 24.3 Å². The minimum Gasteiger partial charge on any atom is -0.375 e. The highest BCUT2D eigenvalue weighted by atomic mass is 35.5. The highest BCUT2D eigenvalue weighted by molar-refractivity contribution is 7.98. The van der Waals surface area contributed by atoms with Gasteiger partial charge < -0.3 is 5.32 Å². The second kappa shape index (κ2) is 6.01. The molecule has 0 amide bonds. The number of nitrogens with zero attached hydrogens (tertiary/aromatic N) is 2. The van der Waals surface area contributed by atoms with Crippen molar-refractivity contribution in [1.29, 1.82) is 0 Å². The molecule has 5 heteroatoms. The van der Waals surface area contributed by atoms with Crippen molar-refractivity contribution in [3.8, 4) is 0 Å². The van der Waals surface area contributed by atoms with Gasteiger partial charge in [0.1, 0.15) is 5.84 Å². The van der Waals surface area contributed by atoms with Crippen molar-refractivity contribution in [2.45, 2.75) is 11.3 Å². The Balaban J connectivity index is 0.00000128. The maximum Gasteiger partial charge on any atom is 0.124 e. The van der Waals surface area contributed by atoms with Crippen LogP contribution in [-0.4, -0.2) is 25.7 Å². The first-order valence-electron chi connectivity index (χ1n) is 5.00. The summed E-state index contributed by atoms with van der Waals surface area (Å²) < 4.78 is 0. The predicted octanol–water partition coefficient (Wildman–Crippen LogP) is 2.57. The second-order valence-corrected chi connectivity index (χ2v) is 4.25. The predicted molar refractivity (Wildman–Crippen MR) is 73.9 cm³/mol. The zero-order valence-electron chi connectivity index (χ0n) is 9.43. The Labute approximate surface area is 107 Å². The number of thioether (sulfide) groups is 1. The highest BCUT2D eigenvalue weighted by Crippen LogP contribution is 2.22. The van der Waals surface area contributed by atoms with Crippen LogP contribution in [0.25, 0.3) is 0 Å². The molecule has 1 aromatic carbocycles. The molecule has 1 aliphatic rings. The average Bonchev–Trinajstić information content (AvgIpc) is 2.78. The Morgan fingerprint density at radius 2 is 2.00 bits per heavy atom. The maximum absolute atomic E-state index is 4.46. The first-order valence-corrected chi connectivity index (χ1v) is 6.23. The summed E-state index contributed by atoms with van der Waals surface area (Å²) in [6.07, 6.45) is 3.09. The summed E-state index contributed by atoms with van der Waals surface area (Å²) in [5.74, 6) is 1.06. The molecule has 2 rings (SSSR count). The molecule has 0 aromatic heterocycles. The molecule has 1 aliphatic heterocycles. The van der Waals surface area contributed by atoms with Crippen molar-refractivity contribution in [2.75, 3.05) is 24.9 Å². The lowest BCUT2D eigenvalue weighted by Crippen LogP contribution is -2.14. The lowest BCUT2D eigenvalue weighted by atomic mass is 10.3. The number of amidine groups is 1. The van der Waals surface area contributed by atoms with E-state index in [-0.39, 0.29) is 12.4 Å². The average molecular weight is 258 g/mol. The largest absolute Gasteiger partial charge is 0.375 e. The molecule has 3 nitrogen and oxygen atoms in total. The molecular formula is C11H16ClN3S. The molecule has 0 fully saturated rings. The van der Waals surface area contributed by atoms with Gasteiger partial charge in [0.05, 0.1) is 5.69 Å². The third-order valence-corrected chi connectivity index (χ3v) is 3.20. The summed E-state index contributed by atoms with van der Waals surface area (Å²) >= 11 is 1.76. The van der Waals surface area contributed by atoms with Gasteiger partial charge in [0.15, 0.2) is 0 Å². The van der Waals surface area contributed by atoms with Gasteiger partial charge in [-0.2, -0.15) is 5.10 Å². The topological polar surface area (TPSA) is 27.6 Å². The lowest BCUT2D eigenvalue weighted by molar-refractivity contribution is 0.920. The fraction of sp³-hybridized carbons (Fsp3) is 0.364. The monoisotopic (exact) mass is 257 g/mol. The van der Waals surface area contributed by atoms with Crippen LogP contribution >= 0.6 is 24.2 Å². The summed E-state index contributed by atoms with van der Waals surface area (Å²) in [6.45, 7) is 0.967. The molecule has 1 heterocycles. The number of hydrazone groups is 1. The van der Waals surface area contributed by atoms with E-state index in [0.29, 0.717) is 0 Å². The van der Waals surface area contributed by atoms with Crippen LogP contribution in [0.15, 0.2) is 34.3 Å². The van der Waals surface area contributed by atoms with Gasteiger partial charge >= 0.3 is 0 Å². The van der Waals surface area contributed by atoms with Crippen LogP contribution in [0.1, 0.15) is 6.42 Å². The van der Waals surface area contributed by atoms with Crippen molar-refractivity contribution >= 4 is 35.7 Å². The molecule has 1 aromatic rings. The molecule has 0 unspecified atom stereocenters. The summed E-state index contributed by atoms with van der Waals surface area (Å²) in [7, 11) is 1.92. The van der Waals surface area contributed by atoms with Gasteiger partial charge in [0.25, 0.3) is 0 Å². The van der Waals surface area contributed by atoms with E-state index in [9.17, 15) is 0 Å². The SMILES string of the molecule is CNC1=NN(c2ccc(SC)cc2)CC1.Cl. The number of nitrogens with one attached hydrogen (secondary N) is 1. The molecule has 88 valence electrons. The molecular weight excluding hydrogens is 242 g/mol. The molecule has 0 bridgehead atoms. The first-order chi connectivity index (χ1) is 7.33. The number of hydrogen-bond donors (Lipinski definition) is 1. The quantitative estimate of drug-likeness (QED) is 0.826. The highest BCUT2D eigenvalue weighted by Gasteiger charge is 2.14. The van der Waals surface area contributed by atoms with Crippen LogP contribution in [0.5, 0.6) is 0 Å². The van der Waals surface area contributed by atoms with E-state index in [2.05, 4.69) is 40.9 Å². The van der Waals surface area contributed by atoms with Crippen LogP contribution in [0, 0.1) is 0 Å². The number of rotatable bonds is 2. The van der Waals surface area contributed by atoms with Gasteiger partial charge in [0.2, 0.25) is 0 Å². The number of hydrogen-bond acceptors (Lipinski definition) is 4. The zero-order chi connectivity index (χ0) is 10.7. The Hall–Kier alpha value is -0.870. The van der Waals surface area contributed by atoms with Crippen molar-refractivity contribution in [1.82, 2.24) is 5.32 Å². The van der Waals surface area contributed by atoms with Gasteiger partial charge in [-0.15, -0.1) is 24.2 Å². The van der Waals surface area contributed by atoms with Gasteiger partial charge in [-0.05, 0) is 30.5 Å². The van der Waals surface area contributed by atoms with Crippen LogP contribution in [0.2, 0.25) is 0 Å². The summed E-state index contributed by atoms with van der Waals surface area (Å²) in [5.41, 5.74) is 1.16. The van der Waals surface area contributed by atoms with E-state index < -0.39 is 0 Å². The fourth-order valence-electron chi connectivity index (χ4n) is 1.57. The zero-order valence-corrected chi connectivity index (χ0v) is 11.1. The lowest BCUT2D eigenvalue weighted by Gasteiger charge is -2.13. The third kappa shape index (κ3) is 2.83. The van der Waals surface area contributed by atoms with E-state index in [1.165, 1.54) is 4.90 Å². The Morgan fingerprint density at radius 3 is 2.50 bits per heavy atom. The van der Waals surface area contributed by atoms with Crippen LogP contribution in [0.4, 0.5) is 5.69 Å². The summed E-state index contributed by atoms with van der Waals surface area (Å²) in [6, 6.07) is 8.50. The van der Waals surface area contributed by atoms with E-state index in [1.807, 2.05) is 12.1 Å². The van der Waals surface area contributed by atoms with Crippen LogP contribution in [0.3, 0.4) is 0 Å². The molecule has 0 aliphatic carbocycles. The van der Waals surface area contributed by atoms with Gasteiger partial charge in [-0.3, -0.25) is 5.01 Å². The van der Waals surface area contributed by atoms with Crippen molar-refractivity contribution < 1.29 is 0 Å². The fourth-order valence-corrected chi connectivity index (χ4v) is 1.98. The maximum atomic E-state index is 4.46. The molecule has 0 radical (unpaired) electrons. The van der Waals surface area contributed by atoms with Crippen LogP contribution in [-0.2, 0) is 0 Å². The van der Waals surface area contributed by atoms with Gasteiger partial charge in [-0.1, -0.05) is 0 Å². The standard InChI is InChI=1S/C11H15N3S.ClH/c1-12-11-7-8-14(13-11)9-3-5-10(15-2)6-4-9;/h3-6H,7-8H2,1-2H3,(H,12,13);1H. The van der Waals surface area contributed by atoms with E-state index >= 15 is 0 Å². The minimum atomic E-state index is 0. The van der Waals surface area contributed by atoms with Crippen molar-refractivity contribution in [2.24, 2.45) is 5.10 Å². The van der Waals surface area contributed by atoms with Crippen LogP contribution < -0.4 is 10.3 Å². The summed E-state index contributed by atoms with van der Waals surface area (Å²) in [5, 5.41) is 9.59. The van der Waals surface area contributed by atoms with E-state index in [1.54, 1.807) is 11.8 Å². The molecule has 1 N–H and O–H groups in total. The molecule has 16 heavy (non-hydrogen) atoms. The molecule has 0 atom stereocenters. The van der Waals surface area contributed by atoms with E-state index in [4.69, 9.17) is 0 Å².